The van der Waals surface area contributed by atoms with Crippen molar-refractivity contribution in [3.8, 4) is 0 Å². The molecular weight excluding hydrogens is 218 g/mol. The number of rotatable bonds is 3. The van der Waals surface area contributed by atoms with Crippen molar-refractivity contribution in [1.29, 1.82) is 0 Å². The molecule has 1 aliphatic rings. The summed E-state index contributed by atoms with van der Waals surface area (Å²) in [6.45, 7) is 12.3. The molecule has 0 heterocycles. The van der Waals surface area contributed by atoms with Crippen molar-refractivity contribution in [3.63, 3.8) is 0 Å². The van der Waals surface area contributed by atoms with Gasteiger partial charge in [-0.2, -0.15) is 0 Å². The Bertz CT molecular complexity index is 414. The van der Waals surface area contributed by atoms with Gasteiger partial charge in [-0.3, -0.25) is 0 Å². The largest absolute Gasteiger partial charge is 0.312 e. The average molecular weight is 245 g/mol. The van der Waals surface area contributed by atoms with Crippen LogP contribution < -0.4 is 5.32 Å². The lowest BCUT2D eigenvalue weighted by Gasteiger charge is -2.39. The summed E-state index contributed by atoms with van der Waals surface area (Å²) in [5.74, 6) is 1.60. The fourth-order valence-corrected chi connectivity index (χ4v) is 2.68. The van der Waals surface area contributed by atoms with E-state index in [2.05, 4.69) is 58.1 Å². The van der Waals surface area contributed by atoms with E-state index in [-0.39, 0.29) is 5.54 Å². The number of hydrogen-bond donors (Lipinski definition) is 1. The van der Waals surface area contributed by atoms with Crippen LogP contribution in [0.1, 0.15) is 56.2 Å². The van der Waals surface area contributed by atoms with Crippen molar-refractivity contribution in [2.75, 3.05) is 6.54 Å². The number of nitrogens with one attached hydrogen (secondary N) is 1. The van der Waals surface area contributed by atoms with Crippen molar-refractivity contribution < 1.29 is 0 Å². The molecule has 2 unspecified atom stereocenters. The maximum Gasteiger partial charge on any atom is 0.00966 e. The number of benzene rings is 1. The second kappa shape index (κ2) is 5.05. The third-order valence-corrected chi connectivity index (χ3v) is 4.27. The van der Waals surface area contributed by atoms with Gasteiger partial charge < -0.3 is 5.32 Å². The van der Waals surface area contributed by atoms with Gasteiger partial charge in [0.25, 0.3) is 0 Å². The maximum atomic E-state index is 3.65. The van der Waals surface area contributed by atoms with E-state index in [4.69, 9.17) is 0 Å². The van der Waals surface area contributed by atoms with Crippen molar-refractivity contribution in [2.24, 2.45) is 5.92 Å². The minimum absolute atomic E-state index is 0.239. The lowest BCUT2D eigenvalue weighted by atomic mass is 9.69. The third-order valence-electron chi connectivity index (χ3n) is 4.27. The number of hydrogen-bond acceptors (Lipinski definition) is 1. The monoisotopic (exact) mass is 245 g/mol. The van der Waals surface area contributed by atoms with E-state index in [0.717, 1.165) is 18.4 Å². The molecule has 1 nitrogen and oxygen atoms in total. The van der Waals surface area contributed by atoms with Crippen molar-refractivity contribution in [3.05, 3.63) is 34.9 Å². The zero-order chi connectivity index (χ0) is 13.3. The summed E-state index contributed by atoms with van der Waals surface area (Å²) in [5.41, 5.74) is 4.62. The Morgan fingerprint density at radius 2 is 1.83 bits per heavy atom. The van der Waals surface area contributed by atoms with Gasteiger partial charge in [-0.05, 0) is 82.5 Å². The molecule has 100 valence electrons. The van der Waals surface area contributed by atoms with Gasteiger partial charge in [0.05, 0.1) is 0 Å². The highest BCUT2D eigenvalue weighted by atomic mass is 14.9. The van der Waals surface area contributed by atoms with Gasteiger partial charge in [0.1, 0.15) is 0 Å². The lowest BCUT2D eigenvalue weighted by molar-refractivity contribution is 0.225. The van der Waals surface area contributed by atoms with E-state index in [1.54, 1.807) is 5.56 Å². The van der Waals surface area contributed by atoms with Crippen molar-refractivity contribution in [1.82, 2.24) is 5.32 Å². The Hall–Kier alpha value is -0.820. The molecule has 1 fully saturated rings. The zero-order valence-corrected chi connectivity index (χ0v) is 12.5. The molecule has 0 spiro atoms. The second-order valence-corrected chi connectivity index (χ2v) is 6.92. The Kier molecular flexibility index (Phi) is 3.82. The molecule has 0 bridgehead atoms. The smallest absolute Gasteiger partial charge is 0.00966 e. The highest BCUT2D eigenvalue weighted by Gasteiger charge is 2.32. The lowest BCUT2D eigenvalue weighted by Crippen LogP contribution is -2.42. The van der Waals surface area contributed by atoms with Crippen LogP contribution in [0.25, 0.3) is 0 Å². The average Bonchev–Trinajstić information content (AvgIpc) is 2.20. The second-order valence-electron chi connectivity index (χ2n) is 6.92. The molecule has 0 radical (unpaired) electrons. The summed E-state index contributed by atoms with van der Waals surface area (Å²) in [4.78, 5) is 0. The first-order valence-electron chi connectivity index (χ1n) is 7.19. The molecule has 1 aromatic rings. The van der Waals surface area contributed by atoms with E-state index in [9.17, 15) is 0 Å². The molecule has 1 heteroatoms. The minimum Gasteiger partial charge on any atom is -0.312 e. The maximum absolute atomic E-state index is 3.65. The topological polar surface area (TPSA) is 12.0 Å². The first-order chi connectivity index (χ1) is 8.37. The van der Waals surface area contributed by atoms with E-state index < -0.39 is 0 Å². The van der Waals surface area contributed by atoms with Crippen LogP contribution in [0.2, 0.25) is 0 Å². The van der Waals surface area contributed by atoms with Gasteiger partial charge in [-0.25, -0.2) is 0 Å². The summed E-state index contributed by atoms with van der Waals surface area (Å²) >= 11 is 0. The van der Waals surface area contributed by atoms with E-state index in [0.29, 0.717) is 0 Å². The summed E-state index contributed by atoms with van der Waals surface area (Å²) < 4.78 is 0. The molecule has 2 atom stereocenters. The van der Waals surface area contributed by atoms with Gasteiger partial charge in [0.2, 0.25) is 0 Å². The van der Waals surface area contributed by atoms with Crippen LogP contribution in [-0.2, 0) is 0 Å². The van der Waals surface area contributed by atoms with E-state index in [1.807, 2.05) is 0 Å². The predicted molar refractivity (Wildman–Crippen MR) is 79.1 cm³/mol. The predicted octanol–water partition coefficient (Wildman–Crippen LogP) is 4.19. The van der Waals surface area contributed by atoms with Crippen LogP contribution in [0.4, 0.5) is 0 Å². The van der Waals surface area contributed by atoms with E-state index >= 15 is 0 Å². The fourth-order valence-electron chi connectivity index (χ4n) is 2.68. The molecular formula is C17H27N. The third kappa shape index (κ3) is 3.14. The van der Waals surface area contributed by atoms with Crippen LogP contribution in [0.15, 0.2) is 18.2 Å². The standard InChI is InChI=1S/C17H27N/c1-12-6-7-14(10-13(12)2)16-9-8-15(16)11-18-17(3,4)5/h6-7,10,15-16,18H,8-9,11H2,1-5H3. The highest BCUT2D eigenvalue weighted by molar-refractivity contribution is 5.33. The minimum atomic E-state index is 0.239. The van der Waals surface area contributed by atoms with Gasteiger partial charge >= 0.3 is 0 Å². The molecule has 18 heavy (non-hydrogen) atoms. The van der Waals surface area contributed by atoms with Gasteiger partial charge in [0.15, 0.2) is 0 Å². The molecule has 0 aromatic heterocycles. The quantitative estimate of drug-likeness (QED) is 0.842. The molecule has 1 aromatic carbocycles. The normalized spacial score (nSPS) is 23.8. The molecule has 1 N–H and O–H groups in total. The molecule has 0 saturated heterocycles. The van der Waals surface area contributed by atoms with Crippen LogP contribution in [0, 0.1) is 19.8 Å². The zero-order valence-electron chi connectivity index (χ0n) is 12.5. The molecule has 1 aliphatic carbocycles. The van der Waals surface area contributed by atoms with E-state index in [1.165, 1.54) is 24.0 Å². The van der Waals surface area contributed by atoms with Gasteiger partial charge in [-0.1, -0.05) is 18.2 Å². The first-order valence-corrected chi connectivity index (χ1v) is 7.19. The first kappa shape index (κ1) is 13.6. The van der Waals surface area contributed by atoms with Crippen LogP contribution in [0.3, 0.4) is 0 Å². The van der Waals surface area contributed by atoms with Crippen LogP contribution in [-0.4, -0.2) is 12.1 Å². The Labute approximate surface area is 112 Å². The fraction of sp³-hybridized carbons (Fsp3) is 0.647. The molecule has 1 saturated carbocycles. The Morgan fingerprint density at radius 1 is 1.11 bits per heavy atom. The van der Waals surface area contributed by atoms with Crippen molar-refractivity contribution in [2.45, 2.75) is 58.9 Å². The highest BCUT2D eigenvalue weighted by Crippen LogP contribution is 2.42. The number of aryl methyl sites for hydroxylation is 2. The molecule has 0 aliphatic heterocycles. The SMILES string of the molecule is Cc1ccc(C2CCC2CNC(C)(C)C)cc1C. The van der Waals surface area contributed by atoms with Crippen LogP contribution in [0.5, 0.6) is 0 Å². The summed E-state index contributed by atoms with van der Waals surface area (Å²) in [7, 11) is 0. The van der Waals surface area contributed by atoms with Crippen molar-refractivity contribution >= 4 is 0 Å². The molecule has 0 amide bonds. The Balaban J connectivity index is 1.99. The molecule has 2 rings (SSSR count). The summed E-state index contributed by atoms with van der Waals surface area (Å²) in [6, 6.07) is 7.00. The van der Waals surface area contributed by atoms with Gasteiger partial charge in [0, 0.05) is 5.54 Å². The summed E-state index contributed by atoms with van der Waals surface area (Å²) in [5, 5.41) is 3.65. The Morgan fingerprint density at radius 3 is 2.33 bits per heavy atom. The van der Waals surface area contributed by atoms with Gasteiger partial charge in [-0.15, -0.1) is 0 Å². The summed E-state index contributed by atoms with van der Waals surface area (Å²) in [6.07, 6.45) is 2.74. The van der Waals surface area contributed by atoms with Crippen LogP contribution >= 0.6 is 0 Å².